The van der Waals surface area contributed by atoms with Crippen LogP contribution in [0.3, 0.4) is 0 Å². The van der Waals surface area contributed by atoms with Gasteiger partial charge in [0.25, 0.3) is 0 Å². The van der Waals surface area contributed by atoms with Crippen molar-refractivity contribution in [1.29, 1.82) is 0 Å². The summed E-state index contributed by atoms with van der Waals surface area (Å²) >= 11 is 0. The fraction of sp³-hybridized carbons (Fsp3) is 0.526. The van der Waals surface area contributed by atoms with Crippen LogP contribution in [0.15, 0.2) is 30.3 Å². The maximum atomic E-state index is 12.5. The standard InChI is InChI=1S/C19H27NO5/c1-3-16(14-21)20(13-12-19(24)25-4-2)18(23)11-10-17(22)15-8-6-5-7-9-15/h5-9,16,21H,3-4,10-14H2,1-2H3. The molecular weight excluding hydrogens is 322 g/mol. The minimum absolute atomic E-state index is 0.0487. The molecule has 0 heterocycles. The molecule has 0 aliphatic rings. The lowest BCUT2D eigenvalue weighted by atomic mass is 10.1. The van der Waals surface area contributed by atoms with Gasteiger partial charge in [-0.15, -0.1) is 0 Å². The first kappa shape index (κ1) is 20.8. The molecule has 1 aromatic carbocycles. The maximum absolute atomic E-state index is 12.5. The van der Waals surface area contributed by atoms with Crippen molar-refractivity contribution in [3.05, 3.63) is 35.9 Å². The van der Waals surface area contributed by atoms with Crippen LogP contribution in [0.5, 0.6) is 0 Å². The van der Waals surface area contributed by atoms with E-state index in [-0.39, 0.29) is 62.7 Å². The number of rotatable bonds is 11. The SMILES string of the molecule is CCOC(=O)CCN(C(=O)CCC(=O)c1ccccc1)C(CC)CO. The maximum Gasteiger partial charge on any atom is 0.307 e. The van der Waals surface area contributed by atoms with Crippen LogP contribution in [0, 0.1) is 0 Å². The zero-order valence-corrected chi connectivity index (χ0v) is 14.9. The highest BCUT2D eigenvalue weighted by molar-refractivity contribution is 5.97. The third-order valence-corrected chi connectivity index (χ3v) is 3.97. The zero-order chi connectivity index (χ0) is 18.7. The third-order valence-electron chi connectivity index (χ3n) is 3.97. The second-order valence-electron chi connectivity index (χ2n) is 5.68. The summed E-state index contributed by atoms with van der Waals surface area (Å²) in [5, 5.41) is 9.49. The van der Waals surface area contributed by atoms with Gasteiger partial charge in [0.15, 0.2) is 5.78 Å². The van der Waals surface area contributed by atoms with Gasteiger partial charge in [-0.05, 0) is 13.3 Å². The Morgan fingerprint density at radius 3 is 2.32 bits per heavy atom. The van der Waals surface area contributed by atoms with Gasteiger partial charge < -0.3 is 14.7 Å². The molecule has 1 amide bonds. The minimum atomic E-state index is -0.381. The Balaban J connectivity index is 2.65. The molecule has 0 spiro atoms. The molecule has 1 aromatic rings. The lowest BCUT2D eigenvalue weighted by Crippen LogP contribution is -2.43. The van der Waals surface area contributed by atoms with E-state index in [1.54, 1.807) is 31.2 Å². The molecule has 0 radical (unpaired) electrons. The smallest absolute Gasteiger partial charge is 0.307 e. The highest BCUT2D eigenvalue weighted by Gasteiger charge is 2.23. The molecule has 0 bridgehead atoms. The Morgan fingerprint density at radius 1 is 1.08 bits per heavy atom. The number of carbonyl (C=O) groups is 3. The van der Waals surface area contributed by atoms with Gasteiger partial charge >= 0.3 is 5.97 Å². The lowest BCUT2D eigenvalue weighted by molar-refractivity contribution is -0.144. The van der Waals surface area contributed by atoms with E-state index in [0.29, 0.717) is 12.0 Å². The molecule has 0 aromatic heterocycles. The van der Waals surface area contributed by atoms with Crippen molar-refractivity contribution in [3.8, 4) is 0 Å². The molecule has 1 unspecified atom stereocenters. The molecular formula is C19H27NO5. The average molecular weight is 349 g/mol. The van der Waals surface area contributed by atoms with Crippen molar-refractivity contribution >= 4 is 17.7 Å². The Kier molecular flexibility index (Phi) is 9.47. The van der Waals surface area contributed by atoms with Crippen molar-refractivity contribution in [3.63, 3.8) is 0 Å². The number of nitrogens with zero attached hydrogens (tertiary/aromatic N) is 1. The van der Waals surface area contributed by atoms with Gasteiger partial charge in [0.05, 0.1) is 25.7 Å². The Hall–Kier alpha value is -2.21. The van der Waals surface area contributed by atoms with Crippen molar-refractivity contribution in [2.45, 2.75) is 45.6 Å². The van der Waals surface area contributed by atoms with Crippen LogP contribution in [0.2, 0.25) is 0 Å². The number of hydrogen-bond donors (Lipinski definition) is 1. The highest BCUT2D eigenvalue weighted by Crippen LogP contribution is 2.11. The van der Waals surface area contributed by atoms with Gasteiger partial charge in [0.2, 0.25) is 5.91 Å². The Morgan fingerprint density at radius 2 is 1.76 bits per heavy atom. The molecule has 0 aliphatic carbocycles. The van der Waals surface area contributed by atoms with Crippen LogP contribution >= 0.6 is 0 Å². The highest BCUT2D eigenvalue weighted by atomic mass is 16.5. The van der Waals surface area contributed by atoms with Crippen LogP contribution in [-0.4, -0.2) is 53.5 Å². The van der Waals surface area contributed by atoms with Crippen molar-refractivity contribution in [2.75, 3.05) is 19.8 Å². The molecule has 0 saturated heterocycles. The summed E-state index contributed by atoms with van der Waals surface area (Å²) in [6, 6.07) is 8.45. The van der Waals surface area contributed by atoms with E-state index in [1.807, 2.05) is 13.0 Å². The molecule has 0 fully saturated rings. The molecule has 1 N–H and O–H groups in total. The topological polar surface area (TPSA) is 83.9 Å². The van der Waals surface area contributed by atoms with Gasteiger partial charge in [-0.2, -0.15) is 0 Å². The van der Waals surface area contributed by atoms with E-state index in [9.17, 15) is 19.5 Å². The molecule has 25 heavy (non-hydrogen) atoms. The summed E-state index contributed by atoms with van der Waals surface area (Å²) in [6.45, 7) is 3.86. The molecule has 1 rings (SSSR count). The number of amides is 1. The summed E-state index contributed by atoms with van der Waals surface area (Å²) < 4.78 is 4.88. The third kappa shape index (κ3) is 7.05. The molecule has 0 aliphatic heterocycles. The quantitative estimate of drug-likeness (QED) is 0.489. The van der Waals surface area contributed by atoms with Gasteiger partial charge in [0.1, 0.15) is 0 Å². The zero-order valence-electron chi connectivity index (χ0n) is 14.9. The number of hydrogen-bond acceptors (Lipinski definition) is 5. The van der Waals surface area contributed by atoms with Crippen LogP contribution in [0.25, 0.3) is 0 Å². The summed E-state index contributed by atoms with van der Waals surface area (Å²) in [5.41, 5.74) is 0.572. The van der Waals surface area contributed by atoms with E-state index in [2.05, 4.69) is 0 Å². The van der Waals surface area contributed by atoms with Crippen molar-refractivity contribution in [1.82, 2.24) is 4.90 Å². The predicted octanol–water partition coefficient (Wildman–Crippen LogP) is 2.20. The number of esters is 1. The second-order valence-corrected chi connectivity index (χ2v) is 5.68. The van der Waals surface area contributed by atoms with Crippen LogP contribution < -0.4 is 0 Å². The predicted molar refractivity (Wildman–Crippen MR) is 94.1 cm³/mol. The lowest BCUT2D eigenvalue weighted by Gasteiger charge is -2.29. The number of carbonyl (C=O) groups excluding carboxylic acids is 3. The van der Waals surface area contributed by atoms with Crippen molar-refractivity contribution in [2.24, 2.45) is 0 Å². The molecule has 6 nitrogen and oxygen atoms in total. The summed E-state index contributed by atoms with van der Waals surface area (Å²) in [5.74, 6) is -0.723. The first-order chi connectivity index (χ1) is 12.0. The minimum Gasteiger partial charge on any atom is -0.466 e. The molecule has 138 valence electrons. The van der Waals surface area contributed by atoms with E-state index < -0.39 is 0 Å². The van der Waals surface area contributed by atoms with E-state index in [4.69, 9.17) is 4.74 Å². The number of aliphatic hydroxyl groups excluding tert-OH is 1. The van der Waals surface area contributed by atoms with E-state index in [0.717, 1.165) is 0 Å². The van der Waals surface area contributed by atoms with Crippen molar-refractivity contribution < 1.29 is 24.2 Å². The van der Waals surface area contributed by atoms with Gasteiger partial charge in [-0.25, -0.2) is 0 Å². The monoisotopic (exact) mass is 349 g/mol. The van der Waals surface area contributed by atoms with Gasteiger partial charge in [-0.3, -0.25) is 14.4 Å². The van der Waals surface area contributed by atoms with Crippen LogP contribution in [0.4, 0.5) is 0 Å². The van der Waals surface area contributed by atoms with Crippen LogP contribution in [-0.2, 0) is 14.3 Å². The fourth-order valence-corrected chi connectivity index (χ4v) is 2.54. The number of ketones is 1. The number of benzene rings is 1. The fourth-order valence-electron chi connectivity index (χ4n) is 2.54. The second kappa shape index (κ2) is 11.4. The Bertz CT molecular complexity index is 554. The summed E-state index contributed by atoms with van der Waals surface area (Å²) in [6.07, 6.45) is 0.786. The largest absolute Gasteiger partial charge is 0.466 e. The average Bonchev–Trinajstić information content (AvgIpc) is 2.63. The van der Waals surface area contributed by atoms with E-state index >= 15 is 0 Å². The number of Topliss-reactive ketones (excluding diaryl/α,β-unsaturated/α-hetero) is 1. The van der Waals surface area contributed by atoms with Gasteiger partial charge in [0, 0.05) is 24.9 Å². The first-order valence-electron chi connectivity index (χ1n) is 8.67. The van der Waals surface area contributed by atoms with Gasteiger partial charge in [-0.1, -0.05) is 37.3 Å². The molecule has 1 atom stereocenters. The summed E-state index contributed by atoms with van der Waals surface area (Å²) in [7, 11) is 0. The molecule has 6 heteroatoms. The van der Waals surface area contributed by atoms with E-state index in [1.165, 1.54) is 4.90 Å². The summed E-state index contributed by atoms with van der Waals surface area (Å²) in [4.78, 5) is 37.7. The Labute approximate surface area is 148 Å². The first-order valence-corrected chi connectivity index (χ1v) is 8.67. The number of aliphatic hydroxyl groups is 1. The normalized spacial score (nSPS) is 11.6. The van der Waals surface area contributed by atoms with Crippen LogP contribution in [0.1, 0.15) is 49.9 Å². The molecule has 0 saturated carbocycles. The number of ether oxygens (including phenoxy) is 1.